The summed E-state index contributed by atoms with van der Waals surface area (Å²) in [6.45, 7) is 4.06. The highest BCUT2D eigenvalue weighted by molar-refractivity contribution is 6.31. The summed E-state index contributed by atoms with van der Waals surface area (Å²) in [5.41, 5.74) is 0.280. The number of benzene rings is 1. The van der Waals surface area contributed by atoms with Crippen molar-refractivity contribution in [3.05, 3.63) is 34.4 Å². The van der Waals surface area contributed by atoms with E-state index in [2.05, 4.69) is 0 Å². The summed E-state index contributed by atoms with van der Waals surface area (Å²) in [6.07, 6.45) is 2.70. The van der Waals surface area contributed by atoms with E-state index in [0.717, 1.165) is 37.8 Å². The Bertz CT molecular complexity index is 390. The minimum absolute atomic E-state index is 0.0300. The maximum absolute atomic E-state index is 13.2. The highest BCUT2D eigenvalue weighted by atomic mass is 35.5. The van der Waals surface area contributed by atoms with Crippen LogP contribution in [-0.2, 0) is 0 Å². The molecule has 0 aliphatic rings. The molecule has 102 valence electrons. The minimum atomic E-state index is -0.988. The fourth-order valence-electron chi connectivity index (χ4n) is 2.22. The second kappa shape index (κ2) is 7.05. The molecule has 0 aliphatic carbocycles. The molecule has 0 saturated heterocycles. The van der Waals surface area contributed by atoms with Crippen molar-refractivity contribution in [2.75, 3.05) is 0 Å². The summed E-state index contributed by atoms with van der Waals surface area (Å²) in [6, 6.07) is 1.92. The fraction of sp³-hybridized carbons (Fsp3) is 0.571. The summed E-state index contributed by atoms with van der Waals surface area (Å²) in [5.74, 6) is -1.93. The molecule has 0 radical (unpaired) electrons. The molecule has 1 N–H and O–H groups in total. The summed E-state index contributed by atoms with van der Waals surface area (Å²) < 4.78 is 26.2. The van der Waals surface area contributed by atoms with Gasteiger partial charge in [-0.2, -0.15) is 0 Å². The number of aliphatic hydroxyl groups is 1. The average molecular weight is 277 g/mol. The third-order valence-corrected chi connectivity index (χ3v) is 3.45. The van der Waals surface area contributed by atoms with Gasteiger partial charge in [-0.25, -0.2) is 8.78 Å². The maximum Gasteiger partial charge on any atom is 0.160 e. The lowest BCUT2D eigenvalue weighted by atomic mass is 9.88. The smallest absolute Gasteiger partial charge is 0.160 e. The van der Waals surface area contributed by atoms with E-state index in [4.69, 9.17) is 11.6 Å². The van der Waals surface area contributed by atoms with Crippen LogP contribution >= 0.6 is 11.6 Å². The van der Waals surface area contributed by atoms with Crippen LogP contribution in [0.4, 0.5) is 8.78 Å². The van der Waals surface area contributed by atoms with E-state index in [1.807, 2.05) is 13.8 Å². The number of halogens is 3. The third kappa shape index (κ3) is 3.66. The van der Waals surface area contributed by atoms with Crippen molar-refractivity contribution in [3.8, 4) is 0 Å². The zero-order valence-electron chi connectivity index (χ0n) is 10.7. The molecule has 1 rings (SSSR count). The van der Waals surface area contributed by atoms with Gasteiger partial charge in [0.2, 0.25) is 0 Å². The molecule has 1 unspecified atom stereocenters. The summed E-state index contributed by atoms with van der Waals surface area (Å²) in [4.78, 5) is 0. The van der Waals surface area contributed by atoms with Gasteiger partial charge in [-0.15, -0.1) is 0 Å². The lowest BCUT2D eigenvalue weighted by Gasteiger charge is -2.23. The average Bonchev–Trinajstić information content (AvgIpc) is 2.33. The van der Waals surface area contributed by atoms with Crippen LogP contribution in [0.1, 0.15) is 51.2 Å². The Balaban J connectivity index is 3.00. The van der Waals surface area contributed by atoms with Gasteiger partial charge in [0, 0.05) is 10.6 Å². The van der Waals surface area contributed by atoms with Gasteiger partial charge in [0.25, 0.3) is 0 Å². The third-order valence-electron chi connectivity index (χ3n) is 3.12. The molecule has 0 aromatic heterocycles. The molecule has 1 atom stereocenters. The van der Waals surface area contributed by atoms with Crippen LogP contribution in [0, 0.1) is 17.6 Å². The van der Waals surface area contributed by atoms with Crippen LogP contribution < -0.4 is 0 Å². The Labute approximate surface area is 112 Å². The van der Waals surface area contributed by atoms with E-state index < -0.39 is 17.7 Å². The molecule has 0 amide bonds. The Hall–Kier alpha value is -0.670. The summed E-state index contributed by atoms with van der Waals surface area (Å²) in [5, 5.41) is 10.3. The van der Waals surface area contributed by atoms with Crippen LogP contribution in [0.5, 0.6) is 0 Å². The van der Waals surface area contributed by atoms with Crippen molar-refractivity contribution in [2.24, 2.45) is 5.92 Å². The Morgan fingerprint density at radius 1 is 1.11 bits per heavy atom. The predicted octanol–water partition coefficient (Wildman–Crippen LogP) is 4.87. The molecular formula is C14H19ClF2O. The monoisotopic (exact) mass is 276 g/mol. The number of aliphatic hydroxyl groups excluding tert-OH is 1. The summed E-state index contributed by atoms with van der Waals surface area (Å²) in [7, 11) is 0. The van der Waals surface area contributed by atoms with E-state index in [1.54, 1.807) is 0 Å². The maximum atomic E-state index is 13.2. The van der Waals surface area contributed by atoms with Crippen molar-refractivity contribution in [1.82, 2.24) is 0 Å². The molecule has 0 fully saturated rings. The first-order valence-corrected chi connectivity index (χ1v) is 6.71. The molecule has 0 spiro atoms. The molecule has 0 bridgehead atoms. The molecule has 1 aromatic rings. The van der Waals surface area contributed by atoms with Crippen LogP contribution in [0.25, 0.3) is 0 Å². The van der Waals surface area contributed by atoms with Crippen LogP contribution in [0.2, 0.25) is 5.02 Å². The summed E-state index contributed by atoms with van der Waals surface area (Å²) >= 11 is 5.87. The van der Waals surface area contributed by atoms with Gasteiger partial charge in [0.15, 0.2) is 11.6 Å². The van der Waals surface area contributed by atoms with E-state index in [1.165, 1.54) is 0 Å². The van der Waals surface area contributed by atoms with Gasteiger partial charge in [-0.3, -0.25) is 0 Å². The van der Waals surface area contributed by atoms with Crippen molar-refractivity contribution < 1.29 is 13.9 Å². The molecular weight excluding hydrogens is 258 g/mol. The number of hydrogen-bond donors (Lipinski definition) is 1. The Kier molecular flexibility index (Phi) is 6.03. The predicted molar refractivity (Wildman–Crippen MR) is 69.6 cm³/mol. The van der Waals surface area contributed by atoms with Crippen LogP contribution in [-0.4, -0.2) is 5.11 Å². The van der Waals surface area contributed by atoms with Gasteiger partial charge in [0.1, 0.15) is 0 Å². The fourth-order valence-corrected chi connectivity index (χ4v) is 2.48. The lowest BCUT2D eigenvalue weighted by molar-refractivity contribution is 0.0961. The topological polar surface area (TPSA) is 20.2 Å². The molecule has 0 aliphatic heterocycles. The first kappa shape index (κ1) is 15.4. The zero-order chi connectivity index (χ0) is 13.7. The quantitative estimate of drug-likeness (QED) is 0.735. The van der Waals surface area contributed by atoms with Gasteiger partial charge in [-0.1, -0.05) is 38.3 Å². The Morgan fingerprint density at radius 2 is 1.61 bits per heavy atom. The van der Waals surface area contributed by atoms with E-state index in [9.17, 15) is 13.9 Å². The second-order valence-corrected chi connectivity index (χ2v) is 4.98. The molecule has 1 nitrogen and oxygen atoms in total. The highest BCUT2D eigenvalue weighted by Gasteiger charge is 2.23. The number of rotatable bonds is 6. The van der Waals surface area contributed by atoms with Gasteiger partial charge < -0.3 is 5.11 Å². The zero-order valence-corrected chi connectivity index (χ0v) is 11.5. The molecule has 0 saturated carbocycles. The lowest BCUT2D eigenvalue weighted by Crippen LogP contribution is -2.13. The SMILES string of the molecule is CCCC(CCC)C(O)c1cc(F)c(F)cc1Cl. The number of hydrogen-bond acceptors (Lipinski definition) is 1. The second-order valence-electron chi connectivity index (χ2n) is 4.57. The van der Waals surface area contributed by atoms with Crippen molar-refractivity contribution in [3.63, 3.8) is 0 Å². The normalized spacial score (nSPS) is 13.1. The van der Waals surface area contributed by atoms with E-state index >= 15 is 0 Å². The van der Waals surface area contributed by atoms with Crippen molar-refractivity contribution >= 4 is 11.6 Å². The van der Waals surface area contributed by atoms with E-state index in [0.29, 0.717) is 0 Å². The van der Waals surface area contributed by atoms with E-state index in [-0.39, 0.29) is 16.5 Å². The largest absolute Gasteiger partial charge is 0.388 e. The molecule has 4 heteroatoms. The Morgan fingerprint density at radius 3 is 2.11 bits per heavy atom. The standard InChI is InChI=1S/C14H19ClF2O/c1-3-5-9(6-4-2)14(18)10-7-12(16)13(17)8-11(10)15/h7-9,14,18H,3-6H2,1-2H3. The minimum Gasteiger partial charge on any atom is -0.388 e. The van der Waals surface area contributed by atoms with Gasteiger partial charge >= 0.3 is 0 Å². The van der Waals surface area contributed by atoms with Crippen LogP contribution in [0.3, 0.4) is 0 Å². The first-order chi connectivity index (χ1) is 8.51. The van der Waals surface area contributed by atoms with Crippen molar-refractivity contribution in [2.45, 2.75) is 45.6 Å². The molecule has 0 heterocycles. The first-order valence-electron chi connectivity index (χ1n) is 6.33. The highest BCUT2D eigenvalue weighted by Crippen LogP contribution is 2.34. The van der Waals surface area contributed by atoms with Gasteiger partial charge in [0.05, 0.1) is 6.10 Å². The van der Waals surface area contributed by atoms with Gasteiger partial charge in [-0.05, 0) is 30.9 Å². The molecule has 18 heavy (non-hydrogen) atoms. The van der Waals surface area contributed by atoms with Crippen LogP contribution in [0.15, 0.2) is 12.1 Å². The molecule has 1 aromatic carbocycles. The van der Waals surface area contributed by atoms with Crippen molar-refractivity contribution in [1.29, 1.82) is 0 Å².